The molecule has 0 aliphatic heterocycles. The molecule has 0 amide bonds. The van der Waals surface area contributed by atoms with Crippen LogP contribution in [0.1, 0.15) is 28.3 Å². The number of benzene rings is 2. The monoisotopic (exact) mass is 371 g/mol. The van der Waals surface area contributed by atoms with Crippen LogP contribution < -0.4 is 5.73 Å². The highest BCUT2D eigenvalue weighted by Crippen LogP contribution is 2.28. The Kier molecular flexibility index (Phi) is 5.14. The Hall–Kier alpha value is -0.540. The molecule has 0 spiro atoms. The van der Waals surface area contributed by atoms with Crippen molar-refractivity contribution in [1.29, 1.82) is 0 Å². The first-order chi connectivity index (χ1) is 9.38. The van der Waals surface area contributed by atoms with Crippen molar-refractivity contribution in [3.8, 4) is 0 Å². The molecule has 2 rings (SSSR count). The van der Waals surface area contributed by atoms with Gasteiger partial charge in [-0.05, 0) is 54.7 Å². The van der Waals surface area contributed by atoms with Crippen LogP contribution in [0.4, 0.5) is 0 Å². The van der Waals surface area contributed by atoms with Gasteiger partial charge in [0.1, 0.15) is 0 Å². The molecule has 0 heterocycles. The molecule has 0 saturated heterocycles. The maximum atomic E-state index is 6.31. The average molecular weight is 373 g/mol. The van der Waals surface area contributed by atoms with E-state index in [9.17, 15) is 0 Å². The predicted molar refractivity (Wildman–Crippen MR) is 90.7 cm³/mol. The Balaban J connectivity index is 2.26. The minimum Gasteiger partial charge on any atom is -0.324 e. The van der Waals surface area contributed by atoms with Gasteiger partial charge in [-0.3, -0.25) is 0 Å². The van der Waals surface area contributed by atoms with Crippen LogP contribution in [0, 0.1) is 13.8 Å². The molecule has 4 heteroatoms. The lowest BCUT2D eigenvalue weighted by atomic mass is 9.96. The zero-order chi connectivity index (χ0) is 14.9. The van der Waals surface area contributed by atoms with Gasteiger partial charge < -0.3 is 5.73 Å². The highest BCUT2D eigenvalue weighted by Gasteiger charge is 2.12. The molecule has 0 radical (unpaired) electrons. The minimum absolute atomic E-state index is 0.0841. The van der Waals surface area contributed by atoms with Crippen molar-refractivity contribution >= 4 is 39.1 Å². The van der Waals surface area contributed by atoms with Gasteiger partial charge in [0.05, 0.1) is 0 Å². The van der Waals surface area contributed by atoms with Crippen molar-refractivity contribution in [3.63, 3.8) is 0 Å². The first-order valence-electron chi connectivity index (χ1n) is 6.34. The molecular weight excluding hydrogens is 357 g/mol. The molecule has 106 valence electrons. The van der Waals surface area contributed by atoms with Crippen LogP contribution in [-0.4, -0.2) is 0 Å². The molecule has 0 fully saturated rings. The molecular formula is C16H16BrCl2N. The van der Waals surface area contributed by atoms with Gasteiger partial charge >= 0.3 is 0 Å². The molecule has 2 N–H and O–H groups in total. The van der Waals surface area contributed by atoms with Crippen LogP contribution in [0.3, 0.4) is 0 Å². The molecule has 0 aliphatic rings. The van der Waals surface area contributed by atoms with Crippen molar-refractivity contribution in [1.82, 2.24) is 0 Å². The molecule has 0 aliphatic carbocycles. The normalized spacial score (nSPS) is 12.5. The Labute approximate surface area is 138 Å². The molecule has 1 unspecified atom stereocenters. The maximum Gasteiger partial charge on any atom is 0.0453 e. The van der Waals surface area contributed by atoms with E-state index in [2.05, 4.69) is 41.9 Å². The lowest BCUT2D eigenvalue weighted by Crippen LogP contribution is -2.14. The summed E-state index contributed by atoms with van der Waals surface area (Å²) in [5, 5.41) is 1.31. The minimum atomic E-state index is -0.0841. The smallest absolute Gasteiger partial charge is 0.0453 e. The SMILES string of the molecule is Cc1cc(C(N)Cc2ccc(Cl)cc2Cl)cc(C)c1Br. The summed E-state index contributed by atoms with van der Waals surface area (Å²) in [4.78, 5) is 0. The van der Waals surface area contributed by atoms with Crippen molar-refractivity contribution < 1.29 is 0 Å². The fourth-order valence-electron chi connectivity index (χ4n) is 2.24. The van der Waals surface area contributed by atoms with Crippen LogP contribution >= 0.6 is 39.1 Å². The van der Waals surface area contributed by atoms with E-state index in [0.717, 1.165) is 15.6 Å². The maximum absolute atomic E-state index is 6.31. The fourth-order valence-corrected chi connectivity index (χ4v) is 2.95. The zero-order valence-corrected chi connectivity index (χ0v) is 14.5. The quantitative estimate of drug-likeness (QED) is 0.743. The van der Waals surface area contributed by atoms with Gasteiger partial charge in [-0.15, -0.1) is 0 Å². The number of aryl methyl sites for hydroxylation is 2. The van der Waals surface area contributed by atoms with E-state index >= 15 is 0 Å². The Morgan fingerprint density at radius 2 is 1.70 bits per heavy atom. The van der Waals surface area contributed by atoms with E-state index in [-0.39, 0.29) is 6.04 Å². The molecule has 0 bridgehead atoms. The molecule has 2 aromatic carbocycles. The summed E-state index contributed by atoms with van der Waals surface area (Å²) < 4.78 is 1.14. The highest BCUT2D eigenvalue weighted by molar-refractivity contribution is 9.10. The highest BCUT2D eigenvalue weighted by atomic mass is 79.9. The van der Waals surface area contributed by atoms with Gasteiger partial charge in [0, 0.05) is 20.6 Å². The Morgan fingerprint density at radius 1 is 1.10 bits per heavy atom. The third-order valence-corrected chi connectivity index (χ3v) is 5.18. The van der Waals surface area contributed by atoms with Gasteiger partial charge in [0.25, 0.3) is 0 Å². The fraction of sp³-hybridized carbons (Fsp3) is 0.250. The zero-order valence-electron chi connectivity index (χ0n) is 11.4. The molecule has 1 atom stereocenters. The van der Waals surface area contributed by atoms with Crippen molar-refractivity contribution in [3.05, 3.63) is 67.1 Å². The van der Waals surface area contributed by atoms with Crippen LogP contribution in [-0.2, 0) is 6.42 Å². The van der Waals surface area contributed by atoms with Gasteiger partial charge in [-0.25, -0.2) is 0 Å². The van der Waals surface area contributed by atoms with Crippen LogP contribution in [0.25, 0.3) is 0 Å². The van der Waals surface area contributed by atoms with Crippen LogP contribution in [0.15, 0.2) is 34.8 Å². The second-order valence-electron chi connectivity index (χ2n) is 5.02. The summed E-state index contributed by atoms with van der Waals surface area (Å²) in [6.07, 6.45) is 0.691. The largest absolute Gasteiger partial charge is 0.324 e. The Morgan fingerprint density at radius 3 is 2.25 bits per heavy atom. The second-order valence-corrected chi connectivity index (χ2v) is 6.65. The van der Waals surface area contributed by atoms with Gasteiger partial charge in [0.15, 0.2) is 0 Å². The summed E-state index contributed by atoms with van der Waals surface area (Å²) in [5.74, 6) is 0. The first-order valence-corrected chi connectivity index (χ1v) is 7.89. The van der Waals surface area contributed by atoms with Gasteiger partial charge in [-0.1, -0.05) is 57.3 Å². The van der Waals surface area contributed by atoms with E-state index in [1.54, 1.807) is 6.07 Å². The summed E-state index contributed by atoms with van der Waals surface area (Å²) in [7, 11) is 0. The van der Waals surface area contributed by atoms with Gasteiger partial charge in [0.2, 0.25) is 0 Å². The lowest BCUT2D eigenvalue weighted by Gasteiger charge is -2.16. The van der Waals surface area contributed by atoms with Crippen LogP contribution in [0.5, 0.6) is 0 Å². The van der Waals surface area contributed by atoms with Gasteiger partial charge in [-0.2, -0.15) is 0 Å². The molecule has 0 aromatic heterocycles. The van der Waals surface area contributed by atoms with Crippen molar-refractivity contribution in [2.45, 2.75) is 26.3 Å². The lowest BCUT2D eigenvalue weighted by molar-refractivity contribution is 0.720. The first kappa shape index (κ1) is 15.8. The summed E-state index contributed by atoms with van der Waals surface area (Å²) >= 11 is 15.7. The van der Waals surface area contributed by atoms with E-state index in [1.807, 2.05) is 12.1 Å². The van der Waals surface area contributed by atoms with E-state index < -0.39 is 0 Å². The van der Waals surface area contributed by atoms with Crippen molar-refractivity contribution in [2.75, 3.05) is 0 Å². The predicted octanol–water partition coefficient (Wildman–Crippen LogP) is 5.62. The standard InChI is InChI=1S/C16H16BrCl2N/c1-9-5-12(6-10(2)16(9)17)15(20)7-11-3-4-13(18)8-14(11)19/h3-6,8,15H,7,20H2,1-2H3. The van der Waals surface area contributed by atoms with E-state index in [0.29, 0.717) is 16.5 Å². The molecule has 20 heavy (non-hydrogen) atoms. The summed E-state index contributed by atoms with van der Waals surface area (Å²) in [6.45, 7) is 4.14. The summed E-state index contributed by atoms with van der Waals surface area (Å²) in [5.41, 5.74) is 10.8. The average Bonchev–Trinajstić information content (AvgIpc) is 2.38. The van der Waals surface area contributed by atoms with E-state index in [1.165, 1.54) is 11.1 Å². The number of halogens is 3. The molecule has 1 nitrogen and oxygen atoms in total. The number of hydrogen-bond donors (Lipinski definition) is 1. The van der Waals surface area contributed by atoms with E-state index in [4.69, 9.17) is 28.9 Å². The molecule has 2 aromatic rings. The third-order valence-electron chi connectivity index (χ3n) is 3.34. The van der Waals surface area contributed by atoms with Crippen molar-refractivity contribution in [2.24, 2.45) is 5.73 Å². The number of hydrogen-bond acceptors (Lipinski definition) is 1. The van der Waals surface area contributed by atoms with Crippen LogP contribution in [0.2, 0.25) is 10.0 Å². The number of nitrogens with two attached hydrogens (primary N) is 1. The molecule has 0 saturated carbocycles. The second kappa shape index (κ2) is 6.48. The summed E-state index contributed by atoms with van der Waals surface area (Å²) in [6, 6.07) is 9.68. The Bertz CT molecular complexity index is 617. The third kappa shape index (κ3) is 3.56. The number of rotatable bonds is 3. The topological polar surface area (TPSA) is 26.0 Å².